The maximum absolute atomic E-state index is 9.66. The van der Waals surface area contributed by atoms with Gasteiger partial charge in [0, 0.05) is 69.9 Å². The van der Waals surface area contributed by atoms with Gasteiger partial charge in [0.15, 0.2) is 0 Å². The standard InChI is InChI=1S/C44H22N4OS/c45-23-25-9-13-38-31(17-25)32-18-26(24-46)10-14-39(32)47(38)27-11-15-43-35(19-27)36-20-28(12-16-44(36)50-43)48-37-7-3-1-5-29(37)33-21-34-30-6-2-4-8-41(30)49-42(34)22-40(33)48/h1-22H. The zero-order valence-electron chi connectivity index (χ0n) is 26.3. The molecule has 0 saturated carbocycles. The lowest BCUT2D eigenvalue weighted by Crippen LogP contribution is -1.94. The van der Waals surface area contributed by atoms with Gasteiger partial charge >= 0.3 is 0 Å². The van der Waals surface area contributed by atoms with Crippen molar-refractivity contribution >= 4 is 97.1 Å². The lowest BCUT2D eigenvalue weighted by Gasteiger charge is -2.10. The molecule has 0 radical (unpaired) electrons. The van der Waals surface area contributed by atoms with E-state index in [0.717, 1.165) is 66.2 Å². The number of aromatic nitrogens is 2. The molecule has 0 aliphatic heterocycles. The van der Waals surface area contributed by atoms with E-state index in [4.69, 9.17) is 4.42 Å². The average Bonchev–Trinajstić information content (AvgIpc) is 3.90. The van der Waals surface area contributed by atoms with Crippen LogP contribution in [0.15, 0.2) is 138 Å². The molecule has 230 valence electrons. The fourth-order valence-electron chi connectivity index (χ4n) is 7.94. The van der Waals surface area contributed by atoms with Gasteiger partial charge in [-0.05, 0) is 91.0 Å². The Bertz CT molecular complexity index is 3290. The Morgan fingerprint density at radius 2 is 0.980 bits per heavy atom. The minimum absolute atomic E-state index is 0.594. The maximum atomic E-state index is 9.66. The van der Waals surface area contributed by atoms with Crippen LogP contribution in [0, 0.1) is 22.7 Å². The van der Waals surface area contributed by atoms with Gasteiger partial charge in [-0.2, -0.15) is 10.5 Å². The van der Waals surface area contributed by atoms with Crippen LogP contribution in [0.5, 0.6) is 0 Å². The third-order valence-corrected chi connectivity index (χ3v) is 11.3. The minimum Gasteiger partial charge on any atom is -0.456 e. The number of para-hydroxylation sites is 2. The third-order valence-electron chi connectivity index (χ3n) is 10.1. The Labute approximate surface area is 288 Å². The minimum atomic E-state index is 0.594. The number of fused-ring (bicyclic) bond motifs is 12. The molecule has 0 saturated heterocycles. The van der Waals surface area contributed by atoms with Crippen LogP contribution in [-0.4, -0.2) is 9.13 Å². The molecular formula is C44H22N4OS. The summed E-state index contributed by atoms with van der Waals surface area (Å²) < 4.78 is 13.4. The summed E-state index contributed by atoms with van der Waals surface area (Å²) in [6.07, 6.45) is 0. The van der Waals surface area contributed by atoms with Crippen molar-refractivity contribution in [3.05, 3.63) is 145 Å². The van der Waals surface area contributed by atoms with E-state index in [1.807, 2.05) is 48.5 Å². The molecule has 6 heteroatoms. The molecule has 11 aromatic rings. The van der Waals surface area contributed by atoms with Gasteiger partial charge in [0.2, 0.25) is 0 Å². The van der Waals surface area contributed by atoms with Gasteiger partial charge in [-0.15, -0.1) is 11.3 Å². The highest BCUT2D eigenvalue weighted by Crippen LogP contribution is 2.42. The monoisotopic (exact) mass is 654 g/mol. The van der Waals surface area contributed by atoms with E-state index in [2.05, 4.69) is 106 Å². The van der Waals surface area contributed by atoms with Crippen molar-refractivity contribution in [2.75, 3.05) is 0 Å². The fraction of sp³-hybridized carbons (Fsp3) is 0. The first-order valence-electron chi connectivity index (χ1n) is 16.4. The van der Waals surface area contributed by atoms with E-state index in [-0.39, 0.29) is 0 Å². The Hall–Kier alpha value is -6.86. The molecule has 50 heavy (non-hydrogen) atoms. The molecule has 0 spiro atoms. The van der Waals surface area contributed by atoms with Crippen LogP contribution in [0.4, 0.5) is 0 Å². The van der Waals surface area contributed by atoms with Gasteiger partial charge < -0.3 is 13.6 Å². The van der Waals surface area contributed by atoms with Gasteiger partial charge in [-0.25, -0.2) is 0 Å². The van der Waals surface area contributed by atoms with Crippen LogP contribution in [0.2, 0.25) is 0 Å². The van der Waals surface area contributed by atoms with E-state index in [0.29, 0.717) is 11.1 Å². The fourth-order valence-corrected chi connectivity index (χ4v) is 9.00. The molecule has 0 aliphatic carbocycles. The topological polar surface area (TPSA) is 70.6 Å². The molecule has 0 unspecified atom stereocenters. The lowest BCUT2D eigenvalue weighted by atomic mass is 10.1. The molecule has 0 amide bonds. The van der Waals surface area contributed by atoms with Gasteiger partial charge in [-0.3, -0.25) is 0 Å². The first-order chi connectivity index (χ1) is 24.7. The van der Waals surface area contributed by atoms with Crippen LogP contribution >= 0.6 is 11.3 Å². The van der Waals surface area contributed by atoms with E-state index in [9.17, 15) is 10.5 Å². The number of nitrogens with zero attached hydrogens (tertiary/aromatic N) is 4. The first-order valence-corrected chi connectivity index (χ1v) is 17.2. The SMILES string of the molecule is N#Cc1ccc2c(c1)c1cc(C#N)ccc1n2-c1ccc2sc3ccc(-n4c5ccccc5c5cc6c(cc54)oc4ccccc46)cc3c2c1. The normalized spacial score (nSPS) is 12.0. The Morgan fingerprint density at radius 1 is 0.420 bits per heavy atom. The van der Waals surface area contributed by atoms with Gasteiger partial charge in [0.1, 0.15) is 11.2 Å². The third kappa shape index (κ3) is 3.63. The molecule has 4 aromatic heterocycles. The highest BCUT2D eigenvalue weighted by molar-refractivity contribution is 7.25. The summed E-state index contributed by atoms with van der Waals surface area (Å²) in [6.45, 7) is 0. The Balaban J connectivity index is 1.16. The first kappa shape index (κ1) is 27.1. The Morgan fingerprint density at radius 3 is 1.64 bits per heavy atom. The second-order valence-electron chi connectivity index (χ2n) is 12.8. The number of furan rings is 1. The second kappa shape index (κ2) is 9.84. The van der Waals surface area contributed by atoms with Crippen molar-refractivity contribution in [2.24, 2.45) is 0 Å². The molecule has 0 atom stereocenters. The van der Waals surface area contributed by atoms with E-state index in [1.54, 1.807) is 11.3 Å². The summed E-state index contributed by atoms with van der Waals surface area (Å²) in [4.78, 5) is 0. The largest absolute Gasteiger partial charge is 0.456 e. The lowest BCUT2D eigenvalue weighted by molar-refractivity contribution is 0.669. The highest BCUT2D eigenvalue weighted by atomic mass is 32.1. The number of hydrogen-bond acceptors (Lipinski definition) is 4. The summed E-state index contributed by atoms with van der Waals surface area (Å²) in [5.41, 5.74) is 9.33. The zero-order chi connectivity index (χ0) is 33.1. The molecule has 5 nitrogen and oxygen atoms in total. The number of rotatable bonds is 2. The molecule has 7 aromatic carbocycles. The number of hydrogen-bond donors (Lipinski definition) is 0. The van der Waals surface area contributed by atoms with Crippen molar-refractivity contribution < 1.29 is 4.42 Å². The van der Waals surface area contributed by atoms with Crippen LogP contribution in [-0.2, 0) is 0 Å². The smallest absolute Gasteiger partial charge is 0.137 e. The number of benzene rings is 7. The van der Waals surface area contributed by atoms with Crippen LogP contribution in [0.1, 0.15) is 11.1 Å². The molecule has 0 aliphatic rings. The second-order valence-corrected chi connectivity index (χ2v) is 13.9. The van der Waals surface area contributed by atoms with Crippen molar-refractivity contribution in [1.29, 1.82) is 10.5 Å². The van der Waals surface area contributed by atoms with Crippen LogP contribution in [0.25, 0.3) is 97.1 Å². The molecule has 0 fully saturated rings. The van der Waals surface area contributed by atoms with Gasteiger partial charge in [0.05, 0.1) is 45.3 Å². The van der Waals surface area contributed by atoms with Crippen molar-refractivity contribution in [2.45, 2.75) is 0 Å². The van der Waals surface area contributed by atoms with E-state index in [1.165, 1.54) is 30.9 Å². The summed E-state index contributed by atoms with van der Waals surface area (Å²) >= 11 is 1.80. The maximum Gasteiger partial charge on any atom is 0.137 e. The van der Waals surface area contributed by atoms with Crippen molar-refractivity contribution in [3.63, 3.8) is 0 Å². The van der Waals surface area contributed by atoms with Crippen LogP contribution in [0.3, 0.4) is 0 Å². The molecule has 4 heterocycles. The average molecular weight is 655 g/mol. The predicted molar refractivity (Wildman–Crippen MR) is 205 cm³/mol. The molecule has 0 N–H and O–H groups in total. The number of thiophene rings is 1. The van der Waals surface area contributed by atoms with Crippen molar-refractivity contribution in [1.82, 2.24) is 9.13 Å². The van der Waals surface area contributed by atoms with Gasteiger partial charge in [-0.1, -0.05) is 36.4 Å². The molecule has 0 bridgehead atoms. The highest BCUT2D eigenvalue weighted by Gasteiger charge is 2.19. The number of nitriles is 2. The zero-order valence-corrected chi connectivity index (χ0v) is 27.1. The Kier molecular flexibility index (Phi) is 5.34. The van der Waals surface area contributed by atoms with E-state index >= 15 is 0 Å². The predicted octanol–water partition coefficient (Wildman–Crippen LogP) is 11.9. The van der Waals surface area contributed by atoms with Crippen molar-refractivity contribution in [3.8, 4) is 23.5 Å². The summed E-state index contributed by atoms with van der Waals surface area (Å²) in [6, 6.07) is 50.9. The quantitative estimate of drug-likeness (QED) is 0.186. The summed E-state index contributed by atoms with van der Waals surface area (Å²) in [5, 5.41) is 28.3. The molecule has 11 rings (SSSR count). The van der Waals surface area contributed by atoms with Gasteiger partial charge in [0.25, 0.3) is 0 Å². The molecular weight excluding hydrogens is 633 g/mol. The summed E-state index contributed by atoms with van der Waals surface area (Å²) in [5.74, 6) is 0. The van der Waals surface area contributed by atoms with Crippen LogP contribution < -0.4 is 0 Å². The van der Waals surface area contributed by atoms with E-state index < -0.39 is 0 Å². The summed E-state index contributed by atoms with van der Waals surface area (Å²) in [7, 11) is 0.